The molecule has 0 N–H and O–H groups in total. The minimum atomic E-state index is -0.305. The van der Waals surface area contributed by atoms with E-state index >= 15 is 0 Å². The van der Waals surface area contributed by atoms with Gasteiger partial charge in [0.25, 0.3) is 0 Å². The fourth-order valence-electron chi connectivity index (χ4n) is 3.26. The van der Waals surface area contributed by atoms with E-state index in [0.29, 0.717) is 19.6 Å². The van der Waals surface area contributed by atoms with E-state index in [2.05, 4.69) is 15.5 Å². The van der Waals surface area contributed by atoms with Gasteiger partial charge in [0.1, 0.15) is 18.7 Å². The van der Waals surface area contributed by atoms with Crippen LogP contribution < -0.4 is 0 Å². The summed E-state index contributed by atoms with van der Waals surface area (Å²) in [4.78, 5) is 28.9. The molecular weight excluding hydrogens is 351 g/mol. The Morgan fingerprint density at radius 2 is 2.04 bits per heavy atom. The summed E-state index contributed by atoms with van der Waals surface area (Å²) in [5.41, 5.74) is 0.865. The molecule has 1 aliphatic rings. The maximum atomic E-state index is 13.2. The number of amides is 2. The molecule has 27 heavy (non-hydrogen) atoms. The Balaban J connectivity index is 1.75. The number of carbonyl (C=O) groups is 2. The van der Waals surface area contributed by atoms with E-state index < -0.39 is 0 Å². The summed E-state index contributed by atoms with van der Waals surface area (Å²) in [6.45, 7) is 5.32. The van der Waals surface area contributed by atoms with Gasteiger partial charge >= 0.3 is 0 Å². The molecule has 1 aromatic carbocycles. The molecule has 3 rings (SSSR count). The van der Waals surface area contributed by atoms with E-state index in [-0.39, 0.29) is 42.6 Å². The first-order valence-electron chi connectivity index (χ1n) is 8.96. The lowest BCUT2D eigenvalue weighted by atomic mass is 10.0. The standard InChI is InChI=1S/C18H23FN6O2/c1-13(2)16-10-23(18(27)11-24-12-20-21-22-24)8-7-17(26)25(16)9-14-3-5-15(19)6-4-14/h3-6,12-13,16H,7-11H2,1-2H3/t16-/m1/s1. The molecular formula is C18H23FN6O2. The Morgan fingerprint density at radius 1 is 1.30 bits per heavy atom. The molecule has 2 heterocycles. The van der Waals surface area contributed by atoms with Crippen molar-refractivity contribution in [3.05, 3.63) is 42.0 Å². The lowest BCUT2D eigenvalue weighted by molar-refractivity contribution is -0.134. The van der Waals surface area contributed by atoms with Gasteiger partial charge in [-0.2, -0.15) is 0 Å². The van der Waals surface area contributed by atoms with E-state index in [1.54, 1.807) is 17.0 Å². The summed E-state index contributed by atoms with van der Waals surface area (Å²) in [6, 6.07) is 6.04. The number of aromatic nitrogens is 4. The zero-order valence-corrected chi connectivity index (χ0v) is 15.5. The third kappa shape index (κ3) is 4.66. The van der Waals surface area contributed by atoms with E-state index in [9.17, 15) is 14.0 Å². The van der Waals surface area contributed by atoms with Crippen molar-refractivity contribution in [2.45, 2.75) is 39.4 Å². The third-order valence-corrected chi connectivity index (χ3v) is 4.80. The van der Waals surface area contributed by atoms with E-state index in [0.717, 1.165) is 5.56 Å². The van der Waals surface area contributed by atoms with Crippen molar-refractivity contribution in [1.29, 1.82) is 0 Å². The summed E-state index contributed by atoms with van der Waals surface area (Å²) in [5, 5.41) is 10.8. The first kappa shape index (κ1) is 18.9. The SMILES string of the molecule is CC(C)[C@H]1CN(C(=O)Cn2cnnn2)CCC(=O)N1Cc1ccc(F)cc1. The van der Waals surface area contributed by atoms with Crippen LogP contribution in [-0.2, 0) is 22.7 Å². The van der Waals surface area contributed by atoms with Crippen LogP contribution in [-0.4, -0.2) is 61.0 Å². The number of halogens is 1. The molecule has 1 atom stereocenters. The number of hydrogen-bond donors (Lipinski definition) is 0. The topological polar surface area (TPSA) is 84.2 Å². The molecule has 1 saturated heterocycles. The largest absolute Gasteiger partial charge is 0.338 e. The zero-order chi connectivity index (χ0) is 19.4. The number of carbonyl (C=O) groups excluding carboxylic acids is 2. The minimum Gasteiger partial charge on any atom is -0.338 e. The second-order valence-electron chi connectivity index (χ2n) is 7.06. The highest BCUT2D eigenvalue weighted by atomic mass is 19.1. The smallest absolute Gasteiger partial charge is 0.244 e. The second-order valence-corrected chi connectivity index (χ2v) is 7.06. The van der Waals surface area contributed by atoms with Gasteiger partial charge < -0.3 is 9.80 Å². The molecule has 0 saturated carbocycles. The van der Waals surface area contributed by atoms with Crippen LogP contribution in [0.3, 0.4) is 0 Å². The number of nitrogens with zero attached hydrogens (tertiary/aromatic N) is 6. The second kappa shape index (κ2) is 8.24. The normalized spacial score (nSPS) is 18.1. The lowest BCUT2D eigenvalue weighted by Gasteiger charge is -2.34. The van der Waals surface area contributed by atoms with Crippen LogP contribution in [0.25, 0.3) is 0 Å². The zero-order valence-electron chi connectivity index (χ0n) is 15.5. The molecule has 0 spiro atoms. The summed E-state index contributed by atoms with van der Waals surface area (Å²) in [7, 11) is 0. The maximum Gasteiger partial charge on any atom is 0.244 e. The van der Waals surface area contributed by atoms with Crippen molar-refractivity contribution in [1.82, 2.24) is 30.0 Å². The average molecular weight is 374 g/mol. The first-order valence-corrected chi connectivity index (χ1v) is 8.96. The van der Waals surface area contributed by atoms with Crippen molar-refractivity contribution in [3.63, 3.8) is 0 Å². The highest BCUT2D eigenvalue weighted by molar-refractivity contribution is 5.80. The fraction of sp³-hybridized carbons (Fsp3) is 0.500. The highest BCUT2D eigenvalue weighted by Gasteiger charge is 2.33. The monoisotopic (exact) mass is 374 g/mol. The summed E-state index contributed by atoms with van der Waals surface area (Å²) in [6.07, 6.45) is 1.65. The highest BCUT2D eigenvalue weighted by Crippen LogP contribution is 2.21. The van der Waals surface area contributed by atoms with Gasteiger partial charge in [-0.1, -0.05) is 26.0 Å². The quantitative estimate of drug-likeness (QED) is 0.782. The Hall–Kier alpha value is -2.84. The van der Waals surface area contributed by atoms with Crippen LogP contribution >= 0.6 is 0 Å². The summed E-state index contributed by atoms with van der Waals surface area (Å²) < 4.78 is 14.5. The van der Waals surface area contributed by atoms with Crippen LogP contribution in [0.5, 0.6) is 0 Å². The van der Waals surface area contributed by atoms with E-state index in [4.69, 9.17) is 0 Å². The lowest BCUT2D eigenvalue weighted by Crippen LogP contribution is -2.47. The summed E-state index contributed by atoms with van der Waals surface area (Å²) >= 11 is 0. The van der Waals surface area contributed by atoms with Crippen molar-refractivity contribution >= 4 is 11.8 Å². The van der Waals surface area contributed by atoms with Gasteiger partial charge in [-0.3, -0.25) is 9.59 Å². The fourth-order valence-corrected chi connectivity index (χ4v) is 3.26. The van der Waals surface area contributed by atoms with E-state index in [1.807, 2.05) is 18.7 Å². The Bertz CT molecular complexity index is 778. The number of tetrazole rings is 1. The first-order chi connectivity index (χ1) is 12.9. The number of rotatable bonds is 5. The van der Waals surface area contributed by atoms with E-state index in [1.165, 1.54) is 23.1 Å². The van der Waals surface area contributed by atoms with Crippen LogP contribution in [0, 0.1) is 11.7 Å². The van der Waals surface area contributed by atoms with Gasteiger partial charge in [0, 0.05) is 26.1 Å². The molecule has 0 unspecified atom stereocenters. The Kier molecular flexibility index (Phi) is 5.78. The van der Waals surface area contributed by atoms with Crippen molar-refractivity contribution in [3.8, 4) is 0 Å². The molecule has 2 amide bonds. The molecule has 2 aromatic rings. The van der Waals surface area contributed by atoms with Gasteiger partial charge in [0.05, 0.1) is 6.04 Å². The average Bonchev–Trinajstić information content (AvgIpc) is 3.08. The molecule has 0 aliphatic carbocycles. The van der Waals surface area contributed by atoms with Crippen molar-refractivity contribution in [2.75, 3.05) is 13.1 Å². The van der Waals surface area contributed by atoms with Crippen LogP contribution in [0.1, 0.15) is 25.8 Å². The predicted octanol–water partition coefficient (Wildman–Crippen LogP) is 1.10. The number of hydrogen-bond acceptors (Lipinski definition) is 5. The Morgan fingerprint density at radius 3 is 2.67 bits per heavy atom. The molecule has 1 fully saturated rings. The molecule has 1 aromatic heterocycles. The minimum absolute atomic E-state index is 0.00394. The Labute approximate surface area is 156 Å². The molecule has 9 heteroatoms. The van der Waals surface area contributed by atoms with Gasteiger partial charge in [-0.25, -0.2) is 9.07 Å². The van der Waals surface area contributed by atoms with Crippen molar-refractivity contribution in [2.24, 2.45) is 5.92 Å². The van der Waals surface area contributed by atoms with Crippen LogP contribution in [0.2, 0.25) is 0 Å². The van der Waals surface area contributed by atoms with Gasteiger partial charge in [0.2, 0.25) is 11.8 Å². The predicted molar refractivity (Wildman–Crippen MR) is 94.6 cm³/mol. The molecule has 8 nitrogen and oxygen atoms in total. The third-order valence-electron chi connectivity index (χ3n) is 4.80. The molecule has 1 aliphatic heterocycles. The van der Waals surface area contributed by atoms with Crippen LogP contribution in [0.15, 0.2) is 30.6 Å². The molecule has 0 radical (unpaired) electrons. The number of benzene rings is 1. The van der Waals surface area contributed by atoms with Crippen LogP contribution in [0.4, 0.5) is 4.39 Å². The molecule has 0 bridgehead atoms. The van der Waals surface area contributed by atoms with Gasteiger partial charge in [-0.15, -0.1) is 5.10 Å². The van der Waals surface area contributed by atoms with Gasteiger partial charge in [0.15, 0.2) is 0 Å². The molecule has 144 valence electrons. The summed E-state index contributed by atoms with van der Waals surface area (Å²) in [5.74, 6) is -0.267. The maximum absolute atomic E-state index is 13.2. The van der Waals surface area contributed by atoms with Crippen molar-refractivity contribution < 1.29 is 14.0 Å². The van der Waals surface area contributed by atoms with Gasteiger partial charge in [-0.05, 0) is 34.0 Å².